The van der Waals surface area contributed by atoms with Gasteiger partial charge in [-0.3, -0.25) is 5.32 Å². The lowest BCUT2D eigenvalue weighted by atomic mass is 9.86. The summed E-state index contributed by atoms with van der Waals surface area (Å²) in [5, 5.41) is 13.0. The molecule has 4 heteroatoms. The van der Waals surface area contributed by atoms with Crippen molar-refractivity contribution in [3.8, 4) is 6.07 Å². The predicted molar refractivity (Wildman–Crippen MR) is 80.3 cm³/mol. The first-order valence-electron chi connectivity index (χ1n) is 7.80. The van der Waals surface area contributed by atoms with Crippen LogP contribution in [0.2, 0.25) is 0 Å². The van der Waals surface area contributed by atoms with E-state index < -0.39 is 0 Å². The van der Waals surface area contributed by atoms with Crippen molar-refractivity contribution in [3.63, 3.8) is 0 Å². The largest absolute Gasteiger partial charge is 0.335 e. The van der Waals surface area contributed by atoms with Crippen molar-refractivity contribution < 1.29 is 0 Å². The smallest absolute Gasteiger partial charge is 0.111 e. The van der Waals surface area contributed by atoms with Crippen LogP contribution in [0.3, 0.4) is 0 Å². The Labute approximate surface area is 122 Å². The van der Waals surface area contributed by atoms with E-state index in [2.05, 4.69) is 47.9 Å². The summed E-state index contributed by atoms with van der Waals surface area (Å²) in [5.74, 6) is 2.05. The van der Waals surface area contributed by atoms with Gasteiger partial charge >= 0.3 is 0 Å². The van der Waals surface area contributed by atoms with Crippen LogP contribution in [0.5, 0.6) is 0 Å². The third kappa shape index (κ3) is 2.88. The fraction of sp³-hybridized carbons (Fsp3) is 0.750. The number of nitrogens with zero attached hydrogens (tertiary/aromatic N) is 3. The van der Waals surface area contributed by atoms with Gasteiger partial charge in [0.05, 0.1) is 6.07 Å². The molecule has 4 nitrogen and oxygen atoms in total. The monoisotopic (exact) mass is 274 g/mol. The molecule has 0 spiro atoms. The Morgan fingerprint density at radius 2 is 2.40 bits per heavy atom. The van der Waals surface area contributed by atoms with Gasteiger partial charge in [-0.05, 0) is 31.7 Å². The van der Waals surface area contributed by atoms with Crippen LogP contribution < -0.4 is 5.32 Å². The fourth-order valence-corrected chi connectivity index (χ4v) is 3.51. The first-order chi connectivity index (χ1) is 9.63. The Kier molecular flexibility index (Phi) is 4.82. The summed E-state index contributed by atoms with van der Waals surface area (Å²) in [5.41, 5.74) is -0.298. The number of hydrogen-bond donors (Lipinski definition) is 1. The second-order valence-electron chi connectivity index (χ2n) is 6.12. The van der Waals surface area contributed by atoms with Gasteiger partial charge in [-0.1, -0.05) is 27.2 Å². The summed E-state index contributed by atoms with van der Waals surface area (Å²) >= 11 is 0. The van der Waals surface area contributed by atoms with Crippen LogP contribution in [0.25, 0.3) is 0 Å². The average molecular weight is 274 g/mol. The highest BCUT2D eigenvalue weighted by Gasteiger charge is 2.42. The quantitative estimate of drug-likeness (QED) is 0.867. The van der Waals surface area contributed by atoms with Crippen molar-refractivity contribution in [1.82, 2.24) is 14.9 Å². The maximum atomic E-state index is 9.59. The molecule has 20 heavy (non-hydrogen) atoms. The molecule has 2 unspecified atom stereocenters. The molecule has 0 bridgehead atoms. The molecule has 1 aliphatic rings. The Morgan fingerprint density at radius 1 is 1.60 bits per heavy atom. The number of nitrogens with one attached hydrogen (secondary N) is 1. The van der Waals surface area contributed by atoms with E-state index in [9.17, 15) is 5.26 Å². The van der Waals surface area contributed by atoms with Crippen molar-refractivity contribution in [2.45, 2.75) is 64.5 Å². The molecule has 1 heterocycles. The molecular formula is C16H26N4. The molecule has 0 saturated heterocycles. The van der Waals surface area contributed by atoms with Gasteiger partial charge in [0.15, 0.2) is 0 Å². The van der Waals surface area contributed by atoms with Crippen LogP contribution in [0.1, 0.15) is 58.2 Å². The van der Waals surface area contributed by atoms with Crippen LogP contribution in [-0.4, -0.2) is 21.6 Å². The number of nitriles is 1. The summed E-state index contributed by atoms with van der Waals surface area (Å²) in [7, 11) is 0. The van der Waals surface area contributed by atoms with E-state index in [0.29, 0.717) is 11.8 Å². The molecule has 0 radical (unpaired) electrons. The molecule has 1 saturated carbocycles. The van der Waals surface area contributed by atoms with E-state index in [0.717, 1.165) is 44.6 Å². The number of aryl methyl sites for hydroxylation is 1. The maximum absolute atomic E-state index is 9.59. The van der Waals surface area contributed by atoms with Gasteiger partial charge in [-0.15, -0.1) is 0 Å². The van der Waals surface area contributed by atoms with Crippen molar-refractivity contribution in [3.05, 3.63) is 18.2 Å². The van der Waals surface area contributed by atoms with E-state index in [-0.39, 0.29) is 5.54 Å². The van der Waals surface area contributed by atoms with Crippen molar-refractivity contribution in [2.24, 2.45) is 5.92 Å². The minimum Gasteiger partial charge on any atom is -0.335 e. The minimum atomic E-state index is -0.298. The minimum absolute atomic E-state index is 0.298. The highest BCUT2D eigenvalue weighted by atomic mass is 15.1. The molecule has 1 N–H and O–H groups in total. The van der Waals surface area contributed by atoms with Gasteiger partial charge in [0.25, 0.3) is 0 Å². The SMILES string of the molecule is CCNC1(C#N)CCCC1CCn1ccnc1C(C)C. The molecule has 0 aromatic carbocycles. The lowest BCUT2D eigenvalue weighted by Crippen LogP contribution is -2.47. The second-order valence-corrected chi connectivity index (χ2v) is 6.12. The third-order valence-corrected chi connectivity index (χ3v) is 4.49. The van der Waals surface area contributed by atoms with Crippen molar-refractivity contribution in [2.75, 3.05) is 6.54 Å². The summed E-state index contributed by atoms with van der Waals surface area (Å²) < 4.78 is 2.25. The molecule has 1 aliphatic carbocycles. The zero-order valence-electron chi connectivity index (χ0n) is 12.9. The third-order valence-electron chi connectivity index (χ3n) is 4.49. The maximum Gasteiger partial charge on any atom is 0.111 e. The van der Waals surface area contributed by atoms with Crippen LogP contribution in [0.4, 0.5) is 0 Å². The molecule has 1 aromatic heterocycles. The lowest BCUT2D eigenvalue weighted by Gasteiger charge is -2.29. The number of hydrogen-bond acceptors (Lipinski definition) is 3. The Morgan fingerprint density at radius 3 is 3.05 bits per heavy atom. The summed E-state index contributed by atoms with van der Waals surface area (Å²) in [4.78, 5) is 4.44. The van der Waals surface area contributed by atoms with Crippen molar-refractivity contribution in [1.29, 1.82) is 5.26 Å². The number of aromatic nitrogens is 2. The topological polar surface area (TPSA) is 53.6 Å². The fourth-order valence-electron chi connectivity index (χ4n) is 3.51. The normalized spacial score (nSPS) is 26.1. The standard InChI is InChI=1S/C16H26N4/c1-4-19-16(12-17)8-5-6-14(16)7-10-20-11-9-18-15(20)13(2)3/h9,11,13-14,19H,4-8,10H2,1-3H3. The Balaban J connectivity index is 2.03. The van der Waals surface area contributed by atoms with Crippen LogP contribution in [0.15, 0.2) is 12.4 Å². The highest BCUT2D eigenvalue weighted by Crippen LogP contribution is 2.38. The molecule has 2 atom stereocenters. The first kappa shape index (κ1) is 15.1. The van der Waals surface area contributed by atoms with E-state index in [4.69, 9.17) is 0 Å². The van der Waals surface area contributed by atoms with Gasteiger partial charge in [-0.25, -0.2) is 4.98 Å². The van der Waals surface area contributed by atoms with Crippen LogP contribution in [0, 0.1) is 17.2 Å². The number of imidazole rings is 1. The molecule has 0 aliphatic heterocycles. The molecule has 0 amide bonds. The van der Waals surface area contributed by atoms with Crippen LogP contribution in [-0.2, 0) is 6.54 Å². The zero-order chi connectivity index (χ0) is 14.6. The van der Waals surface area contributed by atoms with Crippen LogP contribution >= 0.6 is 0 Å². The van der Waals surface area contributed by atoms with Gasteiger partial charge in [0, 0.05) is 24.9 Å². The van der Waals surface area contributed by atoms with Gasteiger partial charge < -0.3 is 4.57 Å². The molecule has 1 fully saturated rings. The Hall–Kier alpha value is -1.34. The zero-order valence-corrected chi connectivity index (χ0v) is 12.9. The lowest BCUT2D eigenvalue weighted by molar-refractivity contribution is 0.293. The van der Waals surface area contributed by atoms with Gasteiger partial charge in [0.2, 0.25) is 0 Å². The summed E-state index contributed by atoms with van der Waals surface area (Å²) in [6.07, 6.45) is 8.30. The van der Waals surface area contributed by atoms with E-state index in [1.165, 1.54) is 0 Å². The summed E-state index contributed by atoms with van der Waals surface area (Å²) in [6.45, 7) is 8.26. The number of rotatable bonds is 6. The van der Waals surface area contributed by atoms with E-state index in [1.807, 2.05) is 6.20 Å². The highest BCUT2D eigenvalue weighted by molar-refractivity contribution is 5.14. The molecular weight excluding hydrogens is 248 g/mol. The molecule has 2 rings (SSSR count). The average Bonchev–Trinajstić information content (AvgIpc) is 3.03. The van der Waals surface area contributed by atoms with E-state index in [1.54, 1.807) is 0 Å². The van der Waals surface area contributed by atoms with E-state index >= 15 is 0 Å². The molecule has 110 valence electrons. The first-order valence-corrected chi connectivity index (χ1v) is 7.80. The molecule has 1 aromatic rings. The summed E-state index contributed by atoms with van der Waals surface area (Å²) in [6, 6.07) is 2.56. The second kappa shape index (κ2) is 6.41. The Bertz CT molecular complexity index is 471. The van der Waals surface area contributed by atoms with Gasteiger partial charge in [-0.2, -0.15) is 5.26 Å². The van der Waals surface area contributed by atoms with Crippen molar-refractivity contribution >= 4 is 0 Å². The predicted octanol–water partition coefficient (Wildman–Crippen LogP) is 3.07. The van der Waals surface area contributed by atoms with Gasteiger partial charge in [0.1, 0.15) is 11.4 Å².